The third kappa shape index (κ3) is 6.50. The van der Waals surface area contributed by atoms with Gasteiger partial charge in [-0.3, -0.25) is 0 Å². The van der Waals surface area contributed by atoms with E-state index in [1.165, 1.54) is 34.6 Å². The molecule has 13 heteroatoms. The molecule has 1 atom stereocenters. The Labute approximate surface area is 213 Å². The highest BCUT2D eigenvalue weighted by Gasteiger charge is 2.49. The topological polar surface area (TPSA) is 123 Å². The summed E-state index contributed by atoms with van der Waals surface area (Å²) in [5.74, 6) is -0.522. The molecule has 0 aliphatic carbocycles. The fourth-order valence-corrected chi connectivity index (χ4v) is 5.84. The van der Waals surface area contributed by atoms with Crippen LogP contribution >= 0.6 is 35.6 Å². The van der Waals surface area contributed by atoms with Crippen LogP contribution in [-0.4, -0.2) is 68.4 Å². The van der Waals surface area contributed by atoms with E-state index in [9.17, 15) is 17.9 Å². The van der Waals surface area contributed by atoms with Gasteiger partial charge in [-0.05, 0) is 30.3 Å². The maximum atomic E-state index is 13.9. The number of sulfonamides is 1. The molecule has 0 spiro atoms. The summed E-state index contributed by atoms with van der Waals surface area (Å²) in [5, 5.41) is 30.7. The highest BCUT2D eigenvalue weighted by atomic mass is 35.5. The van der Waals surface area contributed by atoms with Gasteiger partial charge in [0.1, 0.15) is 22.5 Å². The minimum Gasteiger partial charge on any atom is -0.493 e. The van der Waals surface area contributed by atoms with Gasteiger partial charge < -0.3 is 20.3 Å². The van der Waals surface area contributed by atoms with E-state index >= 15 is 0 Å². The molecular formula is C21H23Cl3FN3O5S. The maximum Gasteiger partial charge on any atom is 0.244 e. The fraction of sp³-hybridized carbons (Fsp3) is 0.381. The number of ether oxygens (including phenoxy) is 1. The summed E-state index contributed by atoms with van der Waals surface area (Å²) in [6, 6.07) is 9.71. The number of hydrogen-bond donors (Lipinski definition) is 3. The summed E-state index contributed by atoms with van der Waals surface area (Å²) in [7, 11) is -3.89. The number of nitriles is 1. The van der Waals surface area contributed by atoms with Crippen molar-refractivity contribution in [1.82, 2.24) is 9.62 Å². The zero-order valence-corrected chi connectivity index (χ0v) is 20.9. The minimum absolute atomic E-state index is 0. The number of aliphatic hydroxyl groups is 2. The van der Waals surface area contributed by atoms with Crippen LogP contribution in [-0.2, 0) is 10.0 Å². The number of benzene rings is 2. The first-order valence-corrected chi connectivity index (χ1v) is 12.1. The molecule has 186 valence electrons. The molecule has 0 saturated carbocycles. The van der Waals surface area contributed by atoms with Crippen molar-refractivity contribution in [2.24, 2.45) is 5.41 Å². The van der Waals surface area contributed by atoms with Crippen LogP contribution in [0.1, 0.15) is 5.56 Å². The Balaban J connectivity index is 0.00000408. The molecule has 3 rings (SSSR count). The van der Waals surface area contributed by atoms with Crippen LogP contribution in [0, 0.1) is 22.6 Å². The van der Waals surface area contributed by atoms with Crippen LogP contribution in [0.2, 0.25) is 10.0 Å². The second kappa shape index (κ2) is 11.8. The number of aliphatic hydroxyl groups excluding tert-OH is 2. The molecule has 3 N–H and O–H groups in total. The van der Waals surface area contributed by atoms with Gasteiger partial charge in [-0.2, -0.15) is 9.57 Å². The third-order valence-corrected chi connectivity index (χ3v) is 7.74. The molecule has 1 unspecified atom stereocenters. The van der Waals surface area contributed by atoms with Crippen LogP contribution < -0.4 is 10.1 Å². The summed E-state index contributed by atoms with van der Waals surface area (Å²) in [5.41, 5.74) is -0.802. The summed E-state index contributed by atoms with van der Waals surface area (Å²) in [6.45, 7) is 0.144. The van der Waals surface area contributed by atoms with E-state index in [4.69, 9.17) is 38.3 Å². The SMILES string of the molecule is Cl.N#Cc1ccc(OCC2(CNCC(O)CO)CN(S(=O)(=O)c3ccc(Cl)cc3Cl)C2)cc1F. The van der Waals surface area contributed by atoms with E-state index in [1.807, 2.05) is 0 Å². The van der Waals surface area contributed by atoms with Crippen molar-refractivity contribution < 1.29 is 27.8 Å². The molecule has 2 aromatic carbocycles. The number of hydrogen-bond acceptors (Lipinski definition) is 7. The van der Waals surface area contributed by atoms with Gasteiger partial charge in [-0.15, -0.1) is 12.4 Å². The lowest BCUT2D eigenvalue weighted by molar-refractivity contribution is 0.0146. The van der Waals surface area contributed by atoms with Gasteiger partial charge in [-0.25, -0.2) is 12.8 Å². The average molecular weight is 555 g/mol. The number of halogens is 4. The zero-order chi connectivity index (χ0) is 24.2. The van der Waals surface area contributed by atoms with E-state index in [0.29, 0.717) is 5.02 Å². The quantitative estimate of drug-likeness (QED) is 0.412. The maximum absolute atomic E-state index is 13.9. The monoisotopic (exact) mass is 553 g/mol. The number of rotatable bonds is 10. The molecule has 1 fully saturated rings. The molecule has 1 aliphatic heterocycles. The van der Waals surface area contributed by atoms with Crippen LogP contribution in [0.5, 0.6) is 5.75 Å². The summed E-state index contributed by atoms with van der Waals surface area (Å²) < 4.78 is 46.9. The van der Waals surface area contributed by atoms with Crippen LogP contribution in [0.3, 0.4) is 0 Å². The molecule has 0 amide bonds. The summed E-state index contributed by atoms with van der Waals surface area (Å²) in [4.78, 5) is -0.0686. The van der Waals surface area contributed by atoms with E-state index in [2.05, 4.69) is 5.32 Å². The highest BCUT2D eigenvalue weighted by Crippen LogP contribution is 2.37. The van der Waals surface area contributed by atoms with Crippen molar-refractivity contribution in [1.29, 1.82) is 5.26 Å². The average Bonchev–Trinajstić information content (AvgIpc) is 2.74. The van der Waals surface area contributed by atoms with Crippen molar-refractivity contribution in [3.05, 3.63) is 57.8 Å². The zero-order valence-electron chi connectivity index (χ0n) is 17.7. The fourth-order valence-electron chi connectivity index (χ4n) is 3.43. The predicted octanol–water partition coefficient (Wildman–Crippen LogP) is 2.44. The minimum atomic E-state index is -3.89. The Hall–Kier alpha value is -1.68. The summed E-state index contributed by atoms with van der Waals surface area (Å²) in [6.07, 6.45) is -0.969. The second-order valence-corrected chi connectivity index (χ2v) is 10.6. The van der Waals surface area contributed by atoms with Gasteiger partial charge in [0.25, 0.3) is 0 Å². The van der Waals surface area contributed by atoms with E-state index in [-0.39, 0.29) is 66.4 Å². The molecular weight excluding hydrogens is 532 g/mol. The van der Waals surface area contributed by atoms with Gasteiger partial charge in [0.15, 0.2) is 0 Å². The Morgan fingerprint density at radius 3 is 2.56 bits per heavy atom. The molecule has 8 nitrogen and oxygen atoms in total. The van der Waals surface area contributed by atoms with Gasteiger partial charge in [0, 0.05) is 42.7 Å². The lowest BCUT2D eigenvalue weighted by atomic mass is 9.82. The second-order valence-electron chi connectivity index (χ2n) is 7.86. The van der Waals surface area contributed by atoms with Gasteiger partial charge >= 0.3 is 0 Å². The van der Waals surface area contributed by atoms with E-state index in [0.717, 1.165) is 6.07 Å². The molecule has 0 aromatic heterocycles. The van der Waals surface area contributed by atoms with Crippen molar-refractivity contribution in [3.8, 4) is 11.8 Å². The lowest BCUT2D eigenvalue weighted by Gasteiger charge is -2.49. The largest absolute Gasteiger partial charge is 0.493 e. The first kappa shape index (κ1) is 28.6. The predicted molar refractivity (Wildman–Crippen MR) is 127 cm³/mol. The molecule has 1 aliphatic rings. The van der Waals surface area contributed by atoms with Crippen LogP contribution in [0.4, 0.5) is 4.39 Å². The Morgan fingerprint density at radius 2 is 1.97 bits per heavy atom. The van der Waals surface area contributed by atoms with Crippen molar-refractivity contribution in [2.45, 2.75) is 11.0 Å². The third-order valence-electron chi connectivity index (χ3n) is 5.23. The van der Waals surface area contributed by atoms with Crippen LogP contribution in [0.15, 0.2) is 41.3 Å². The van der Waals surface area contributed by atoms with E-state index in [1.54, 1.807) is 6.07 Å². The Bertz CT molecular complexity index is 1160. The summed E-state index contributed by atoms with van der Waals surface area (Å²) >= 11 is 12.0. The van der Waals surface area contributed by atoms with Crippen molar-refractivity contribution in [3.63, 3.8) is 0 Å². The standard InChI is InChI=1S/C21H22Cl2FN3O5S.ClH/c22-15-2-4-20(18(23)5-15)33(30,31)27-11-21(12-27,10-26-8-16(29)9-28)13-32-17-3-1-14(7-25)19(24)6-17;/h1-6,16,26,28-29H,8-13H2;1H. The highest BCUT2D eigenvalue weighted by molar-refractivity contribution is 7.89. The number of nitrogens with one attached hydrogen (secondary N) is 1. The first-order chi connectivity index (χ1) is 15.6. The van der Waals surface area contributed by atoms with Crippen molar-refractivity contribution >= 4 is 45.6 Å². The molecule has 34 heavy (non-hydrogen) atoms. The van der Waals surface area contributed by atoms with Gasteiger partial charge in [0.05, 0.1) is 29.9 Å². The van der Waals surface area contributed by atoms with Gasteiger partial charge in [-0.1, -0.05) is 23.2 Å². The smallest absolute Gasteiger partial charge is 0.244 e. The van der Waals surface area contributed by atoms with Gasteiger partial charge in [0.2, 0.25) is 10.0 Å². The number of nitrogens with zero attached hydrogens (tertiary/aromatic N) is 2. The Morgan fingerprint density at radius 1 is 1.26 bits per heavy atom. The molecule has 1 saturated heterocycles. The van der Waals surface area contributed by atoms with E-state index < -0.39 is 34.0 Å². The molecule has 1 heterocycles. The normalized spacial score (nSPS) is 16.1. The van der Waals surface area contributed by atoms with Crippen molar-refractivity contribution in [2.75, 3.05) is 39.4 Å². The lowest BCUT2D eigenvalue weighted by Crippen LogP contribution is -2.64. The van der Waals surface area contributed by atoms with Crippen LogP contribution in [0.25, 0.3) is 0 Å². The molecule has 0 bridgehead atoms. The molecule has 2 aromatic rings. The first-order valence-electron chi connectivity index (χ1n) is 9.87. The Kier molecular flexibility index (Phi) is 9.94. The molecule has 0 radical (unpaired) electrons.